The summed E-state index contributed by atoms with van der Waals surface area (Å²) in [5.74, 6) is 0.371. The van der Waals surface area contributed by atoms with Crippen molar-refractivity contribution < 1.29 is 14.4 Å². The summed E-state index contributed by atoms with van der Waals surface area (Å²) in [6.07, 6.45) is 0.681. The first-order chi connectivity index (χ1) is 10.8. The molecule has 0 fully saturated rings. The number of nitrogens with one attached hydrogen (secondary N) is 1. The number of esters is 1. The van der Waals surface area contributed by atoms with Gasteiger partial charge < -0.3 is 4.74 Å². The Labute approximate surface area is 131 Å². The molecule has 1 aliphatic heterocycles. The lowest BCUT2D eigenvalue weighted by molar-refractivity contribution is 0.0520. The van der Waals surface area contributed by atoms with Crippen LogP contribution in [0.4, 0.5) is 0 Å². The number of aromatic nitrogens is 1. The van der Waals surface area contributed by atoms with Crippen molar-refractivity contribution in [2.24, 2.45) is 4.99 Å². The van der Waals surface area contributed by atoms with Crippen LogP contribution in [0.5, 0.6) is 0 Å². The number of hydrogen-bond donors (Lipinski definition) is 1. The summed E-state index contributed by atoms with van der Waals surface area (Å²) >= 11 is 1.46. The van der Waals surface area contributed by atoms with E-state index in [0.29, 0.717) is 25.5 Å². The van der Waals surface area contributed by atoms with E-state index in [9.17, 15) is 4.79 Å². The smallest absolute Gasteiger partial charge is 0.357 e. The van der Waals surface area contributed by atoms with Crippen molar-refractivity contribution in [2.75, 3.05) is 13.3 Å². The zero-order valence-corrected chi connectivity index (χ0v) is 12.9. The summed E-state index contributed by atoms with van der Waals surface area (Å²) in [6.45, 7) is 2.48. The number of benzene rings is 1. The largest absolute Gasteiger partial charge is 0.461 e. The van der Waals surface area contributed by atoms with Crippen LogP contribution in [-0.2, 0) is 16.0 Å². The third kappa shape index (κ3) is 3.32. The highest BCUT2D eigenvalue weighted by Gasteiger charge is 2.12. The first-order valence-electron chi connectivity index (χ1n) is 6.89. The number of aliphatic imine (C=N–C) groups is 1. The Kier molecular flexibility index (Phi) is 4.45. The number of hydroxylamine groups is 1. The number of rotatable bonds is 5. The van der Waals surface area contributed by atoms with Gasteiger partial charge in [0.2, 0.25) is 0 Å². The number of ether oxygens (including phenoxy) is 1. The molecule has 6 nitrogen and oxygen atoms in total. The van der Waals surface area contributed by atoms with E-state index in [1.165, 1.54) is 11.3 Å². The Balaban J connectivity index is 1.67. The Morgan fingerprint density at radius 3 is 2.91 bits per heavy atom. The summed E-state index contributed by atoms with van der Waals surface area (Å²) < 4.78 is 4.94. The molecule has 2 heterocycles. The molecule has 0 aliphatic carbocycles. The van der Waals surface area contributed by atoms with Crippen molar-refractivity contribution in [1.82, 2.24) is 10.5 Å². The van der Waals surface area contributed by atoms with E-state index in [0.717, 1.165) is 22.0 Å². The average Bonchev–Trinajstić information content (AvgIpc) is 3.19. The van der Waals surface area contributed by atoms with Crippen LogP contribution in [-0.4, -0.2) is 30.1 Å². The van der Waals surface area contributed by atoms with Crippen molar-refractivity contribution in [2.45, 2.75) is 13.3 Å². The second-order valence-electron chi connectivity index (χ2n) is 4.60. The number of carbonyl (C=O) groups excluding carboxylic acids is 1. The highest BCUT2D eigenvalue weighted by molar-refractivity contribution is 7.09. The SMILES string of the molecule is CCOC(=O)c1csc(Cc2ccc(C3=NCON3)cc2)n1. The highest BCUT2D eigenvalue weighted by atomic mass is 32.1. The van der Waals surface area contributed by atoms with E-state index in [-0.39, 0.29) is 5.97 Å². The maximum Gasteiger partial charge on any atom is 0.357 e. The fourth-order valence-electron chi connectivity index (χ4n) is 2.03. The Bertz CT molecular complexity index is 694. The zero-order chi connectivity index (χ0) is 15.4. The monoisotopic (exact) mass is 317 g/mol. The first kappa shape index (κ1) is 14.7. The fourth-order valence-corrected chi connectivity index (χ4v) is 2.82. The van der Waals surface area contributed by atoms with Crippen LogP contribution in [0.25, 0.3) is 0 Å². The van der Waals surface area contributed by atoms with E-state index in [1.54, 1.807) is 12.3 Å². The van der Waals surface area contributed by atoms with Crippen LogP contribution in [0.1, 0.15) is 33.5 Å². The minimum absolute atomic E-state index is 0.340. The fraction of sp³-hybridized carbons (Fsp3) is 0.267. The van der Waals surface area contributed by atoms with Crippen molar-refractivity contribution in [3.05, 3.63) is 51.5 Å². The third-order valence-corrected chi connectivity index (χ3v) is 3.92. The molecule has 2 aromatic rings. The number of thiazole rings is 1. The highest BCUT2D eigenvalue weighted by Crippen LogP contribution is 2.16. The molecule has 114 valence electrons. The predicted octanol–water partition coefficient (Wildman–Crippen LogP) is 2.15. The lowest BCUT2D eigenvalue weighted by Gasteiger charge is -2.03. The van der Waals surface area contributed by atoms with Gasteiger partial charge in [0.05, 0.1) is 11.6 Å². The molecule has 0 saturated carbocycles. The summed E-state index contributed by atoms with van der Waals surface area (Å²) in [5.41, 5.74) is 5.23. The van der Waals surface area contributed by atoms with Gasteiger partial charge in [-0.2, -0.15) is 0 Å². The van der Waals surface area contributed by atoms with Gasteiger partial charge in [0.25, 0.3) is 0 Å². The summed E-state index contributed by atoms with van der Waals surface area (Å²) in [5, 5.41) is 2.62. The van der Waals surface area contributed by atoms with Gasteiger partial charge in [-0.3, -0.25) is 4.84 Å². The molecule has 0 bridgehead atoms. The normalized spacial score (nSPS) is 13.6. The maximum absolute atomic E-state index is 11.6. The van der Waals surface area contributed by atoms with Crippen LogP contribution in [0, 0.1) is 0 Å². The molecular formula is C15H15N3O3S. The van der Waals surface area contributed by atoms with E-state index in [4.69, 9.17) is 9.57 Å². The van der Waals surface area contributed by atoms with Gasteiger partial charge in [-0.25, -0.2) is 20.3 Å². The molecule has 3 rings (SSSR count). The third-order valence-electron chi connectivity index (χ3n) is 3.08. The molecule has 7 heteroatoms. The molecule has 0 amide bonds. The van der Waals surface area contributed by atoms with Gasteiger partial charge in [-0.1, -0.05) is 24.3 Å². The van der Waals surface area contributed by atoms with Gasteiger partial charge >= 0.3 is 5.97 Å². The minimum Gasteiger partial charge on any atom is -0.461 e. The molecule has 0 saturated heterocycles. The van der Waals surface area contributed by atoms with E-state index in [2.05, 4.69) is 15.5 Å². The van der Waals surface area contributed by atoms with Crippen molar-refractivity contribution >= 4 is 23.1 Å². The van der Waals surface area contributed by atoms with Crippen LogP contribution in [0.2, 0.25) is 0 Å². The van der Waals surface area contributed by atoms with Crippen LogP contribution in [0.3, 0.4) is 0 Å². The molecular weight excluding hydrogens is 302 g/mol. The predicted molar refractivity (Wildman–Crippen MR) is 82.9 cm³/mol. The van der Waals surface area contributed by atoms with Crippen molar-refractivity contribution in [1.29, 1.82) is 0 Å². The maximum atomic E-state index is 11.6. The van der Waals surface area contributed by atoms with Gasteiger partial charge in [-0.05, 0) is 12.5 Å². The Morgan fingerprint density at radius 2 is 2.23 bits per heavy atom. The second-order valence-corrected chi connectivity index (χ2v) is 5.55. The number of nitrogens with zero attached hydrogens (tertiary/aromatic N) is 2. The lowest BCUT2D eigenvalue weighted by Crippen LogP contribution is -2.17. The minimum atomic E-state index is -0.370. The molecule has 0 radical (unpaired) electrons. The summed E-state index contributed by atoms with van der Waals surface area (Å²) in [6, 6.07) is 8.00. The number of carbonyl (C=O) groups is 1. The number of amidine groups is 1. The average molecular weight is 317 g/mol. The number of hydrogen-bond acceptors (Lipinski definition) is 7. The Hall–Kier alpha value is -2.25. The second kappa shape index (κ2) is 6.67. The van der Waals surface area contributed by atoms with E-state index in [1.807, 2.05) is 24.3 Å². The summed E-state index contributed by atoms with van der Waals surface area (Å²) in [4.78, 5) is 25.1. The molecule has 1 N–H and O–H groups in total. The van der Waals surface area contributed by atoms with Crippen LogP contribution < -0.4 is 5.48 Å². The summed E-state index contributed by atoms with van der Waals surface area (Å²) in [7, 11) is 0. The lowest BCUT2D eigenvalue weighted by atomic mass is 10.1. The molecule has 0 unspecified atom stereocenters. The van der Waals surface area contributed by atoms with Crippen molar-refractivity contribution in [3.8, 4) is 0 Å². The van der Waals surface area contributed by atoms with Gasteiger partial charge in [-0.15, -0.1) is 11.3 Å². The molecule has 0 spiro atoms. The van der Waals surface area contributed by atoms with Crippen LogP contribution in [0.15, 0.2) is 34.6 Å². The zero-order valence-electron chi connectivity index (χ0n) is 12.0. The van der Waals surface area contributed by atoms with Gasteiger partial charge in [0.15, 0.2) is 18.3 Å². The Morgan fingerprint density at radius 1 is 1.41 bits per heavy atom. The molecule has 1 aliphatic rings. The molecule has 1 aromatic carbocycles. The topological polar surface area (TPSA) is 72.8 Å². The molecule has 22 heavy (non-hydrogen) atoms. The molecule has 1 aromatic heterocycles. The van der Waals surface area contributed by atoms with E-state index >= 15 is 0 Å². The van der Waals surface area contributed by atoms with Gasteiger partial charge in [0.1, 0.15) is 0 Å². The van der Waals surface area contributed by atoms with Crippen molar-refractivity contribution in [3.63, 3.8) is 0 Å². The standard InChI is InChI=1S/C15H15N3O3S/c1-2-20-15(19)12-8-22-13(17-12)7-10-3-5-11(6-4-10)14-16-9-21-18-14/h3-6,8H,2,7,9H2,1H3,(H,16,18). The van der Waals surface area contributed by atoms with Gasteiger partial charge in [0, 0.05) is 17.4 Å². The van der Waals surface area contributed by atoms with Crippen LogP contribution >= 0.6 is 11.3 Å². The molecule has 0 atom stereocenters. The van der Waals surface area contributed by atoms with E-state index < -0.39 is 0 Å². The quantitative estimate of drug-likeness (QED) is 0.856. The first-order valence-corrected chi connectivity index (χ1v) is 7.77.